The average Bonchev–Trinajstić information content (AvgIpc) is 2.98. The van der Waals surface area contributed by atoms with Crippen LogP contribution in [0.5, 0.6) is 11.5 Å². The second-order valence-corrected chi connectivity index (χ2v) is 7.50. The van der Waals surface area contributed by atoms with Crippen LogP contribution in [0.25, 0.3) is 10.2 Å². The number of aryl methyl sites for hydroxylation is 2. The molecule has 3 aromatic rings. The van der Waals surface area contributed by atoms with Gasteiger partial charge in [-0.2, -0.15) is 4.99 Å². The predicted octanol–water partition coefficient (Wildman–Crippen LogP) is 4.02. The number of thiazole rings is 1. The lowest BCUT2D eigenvalue weighted by Gasteiger charge is -2.18. The molecule has 1 aliphatic heterocycles. The Morgan fingerprint density at radius 1 is 1.22 bits per heavy atom. The molecule has 0 saturated carbocycles. The van der Waals surface area contributed by atoms with E-state index in [1.807, 2.05) is 10.6 Å². The number of benzene rings is 2. The van der Waals surface area contributed by atoms with E-state index in [1.54, 1.807) is 18.2 Å². The van der Waals surface area contributed by atoms with Crippen LogP contribution in [0.1, 0.15) is 21.5 Å². The molecule has 0 radical (unpaired) electrons. The Morgan fingerprint density at radius 3 is 2.78 bits per heavy atom. The van der Waals surface area contributed by atoms with Gasteiger partial charge in [-0.3, -0.25) is 4.79 Å². The zero-order valence-electron chi connectivity index (χ0n) is 15.3. The molecule has 6 heteroatoms. The van der Waals surface area contributed by atoms with Crippen molar-refractivity contribution in [2.75, 3.05) is 13.2 Å². The van der Waals surface area contributed by atoms with Gasteiger partial charge in [-0.1, -0.05) is 23.5 Å². The fraction of sp³-hybridized carbons (Fsp3) is 0.238. The molecule has 0 N–H and O–H groups in total. The van der Waals surface area contributed by atoms with Crippen LogP contribution in [0.15, 0.2) is 48.0 Å². The number of ether oxygens (including phenoxy) is 2. The summed E-state index contributed by atoms with van der Waals surface area (Å²) in [5.41, 5.74) is 3.93. The fourth-order valence-electron chi connectivity index (χ4n) is 3.30. The number of aromatic nitrogens is 1. The van der Waals surface area contributed by atoms with Gasteiger partial charge in [0, 0.05) is 12.1 Å². The maximum Gasteiger partial charge on any atom is 0.279 e. The Morgan fingerprint density at radius 2 is 2.00 bits per heavy atom. The molecule has 0 spiro atoms. The number of carbonyl (C=O) groups excluding carboxylic acids is 1. The minimum atomic E-state index is -0.300. The highest BCUT2D eigenvalue weighted by Crippen LogP contribution is 2.31. The van der Waals surface area contributed by atoms with Crippen molar-refractivity contribution in [3.05, 3.63) is 64.5 Å². The van der Waals surface area contributed by atoms with E-state index in [-0.39, 0.29) is 5.91 Å². The summed E-state index contributed by atoms with van der Waals surface area (Å²) in [5, 5.41) is 0. The lowest BCUT2D eigenvalue weighted by Crippen LogP contribution is -2.17. The smallest absolute Gasteiger partial charge is 0.279 e. The summed E-state index contributed by atoms with van der Waals surface area (Å²) < 4.78 is 14.2. The predicted molar refractivity (Wildman–Crippen MR) is 107 cm³/mol. The molecule has 0 fully saturated rings. The third-order valence-electron chi connectivity index (χ3n) is 4.41. The Kier molecular flexibility index (Phi) is 4.58. The van der Waals surface area contributed by atoms with Gasteiger partial charge in [0.1, 0.15) is 13.2 Å². The third kappa shape index (κ3) is 3.28. The van der Waals surface area contributed by atoms with Gasteiger partial charge in [0.05, 0.1) is 10.2 Å². The van der Waals surface area contributed by atoms with Crippen LogP contribution in [0.4, 0.5) is 0 Å². The first-order chi connectivity index (χ1) is 13.1. The number of nitrogens with zero attached hydrogens (tertiary/aromatic N) is 2. The van der Waals surface area contributed by atoms with Gasteiger partial charge < -0.3 is 14.0 Å². The molecule has 5 nitrogen and oxygen atoms in total. The highest BCUT2D eigenvalue weighted by atomic mass is 32.1. The van der Waals surface area contributed by atoms with Gasteiger partial charge in [-0.25, -0.2) is 0 Å². The van der Waals surface area contributed by atoms with E-state index in [1.165, 1.54) is 16.9 Å². The first-order valence-electron chi connectivity index (χ1n) is 8.77. The van der Waals surface area contributed by atoms with Crippen molar-refractivity contribution in [2.45, 2.75) is 20.4 Å². The molecule has 27 heavy (non-hydrogen) atoms. The lowest BCUT2D eigenvalue weighted by molar-refractivity contribution is 0.0996. The highest BCUT2D eigenvalue weighted by molar-refractivity contribution is 7.16. The van der Waals surface area contributed by atoms with E-state index >= 15 is 0 Å². The minimum Gasteiger partial charge on any atom is -0.486 e. The fourth-order valence-corrected chi connectivity index (χ4v) is 4.52. The largest absolute Gasteiger partial charge is 0.486 e. The van der Waals surface area contributed by atoms with Crippen molar-refractivity contribution in [3.63, 3.8) is 0 Å². The SMILES string of the molecule is C=CCn1c(=NC(=O)c2ccc3c(c2)OCCO3)sc2cc(C)cc(C)c21. The molecule has 1 aromatic heterocycles. The van der Waals surface area contributed by atoms with E-state index in [2.05, 4.69) is 37.6 Å². The van der Waals surface area contributed by atoms with Crippen LogP contribution in [0, 0.1) is 13.8 Å². The van der Waals surface area contributed by atoms with E-state index < -0.39 is 0 Å². The van der Waals surface area contributed by atoms with E-state index in [0.29, 0.717) is 41.6 Å². The van der Waals surface area contributed by atoms with Crippen LogP contribution in [0.3, 0.4) is 0 Å². The summed E-state index contributed by atoms with van der Waals surface area (Å²) in [6.45, 7) is 9.59. The minimum absolute atomic E-state index is 0.300. The third-order valence-corrected chi connectivity index (χ3v) is 5.44. The quantitative estimate of drug-likeness (QED) is 0.645. The standard InChI is InChI=1S/C21H20N2O3S/c1-4-7-23-19-14(3)10-13(2)11-18(19)27-21(23)22-20(24)15-5-6-16-17(12-15)26-9-8-25-16/h4-6,10-12H,1,7-9H2,2-3H3. The second-order valence-electron chi connectivity index (χ2n) is 6.49. The van der Waals surface area contributed by atoms with Crippen molar-refractivity contribution in [1.29, 1.82) is 0 Å². The zero-order valence-corrected chi connectivity index (χ0v) is 16.1. The molecule has 0 saturated heterocycles. The van der Waals surface area contributed by atoms with Gasteiger partial charge in [-0.05, 0) is 49.2 Å². The molecule has 0 bridgehead atoms. The molecule has 0 aliphatic carbocycles. The molecule has 1 aliphatic rings. The van der Waals surface area contributed by atoms with Crippen molar-refractivity contribution in [1.82, 2.24) is 4.57 Å². The van der Waals surface area contributed by atoms with Gasteiger partial charge in [0.2, 0.25) is 0 Å². The van der Waals surface area contributed by atoms with Crippen molar-refractivity contribution in [3.8, 4) is 11.5 Å². The molecule has 0 atom stereocenters. The summed E-state index contributed by atoms with van der Waals surface area (Å²) in [7, 11) is 0. The normalized spacial score (nSPS) is 13.8. The maximum atomic E-state index is 12.8. The zero-order chi connectivity index (χ0) is 19.0. The Balaban J connectivity index is 1.82. The topological polar surface area (TPSA) is 52.8 Å². The number of carbonyl (C=O) groups is 1. The number of amides is 1. The summed E-state index contributed by atoms with van der Waals surface area (Å²) in [6, 6.07) is 9.44. The van der Waals surface area contributed by atoms with Crippen molar-refractivity contribution >= 4 is 27.5 Å². The number of hydrogen-bond donors (Lipinski definition) is 0. The molecule has 2 heterocycles. The molecule has 4 rings (SSSR count). The van der Waals surface area contributed by atoms with Gasteiger partial charge in [0.15, 0.2) is 16.3 Å². The monoisotopic (exact) mass is 380 g/mol. The number of fused-ring (bicyclic) bond motifs is 2. The Labute approximate surface area is 161 Å². The van der Waals surface area contributed by atoms with Crippen LogP contribution in [-0.4, -0.2) is 23.7 Å². The summed E-state index contributed by atoms with van der Waals surface area (Å²) in [4.78, 5) is 17.9. The van der Waals surface area contributed by atoms with Crippen molar-refractivity contribution < 1.29 is 14.3 Å². The highest BCUT2D eigenvalue weighted by Gasteiger charge is 2.16. The van der Waals surface area contributed by atoms with Gasteiger partial charge in [-0.15, -0.1) is 6.58 Å². The molecule has 2 aromatic carbocycles. The summed E-state index contributed by atoms with van der Waals surface area (Å²) >= 11 is 1.52. The van der Waals surface area contributed by atoms with Crippen LogP contribution >= 0.6 is 11.3 Å². The molecule has 0 unspecified atom stereocenters. The van der Waals surface area contributed by atoms with Gasteiger partial charge >= 0.3 is 0 Å². The van der Waals surface area contributed by atoms with Gasteiger partial charge in [0.25, 0.3) is 5.91 Å². The van der Waals surface area contributed by atoms with E-state index in [9.17, 15) is 4.79 Å². The number of allylic oxidation sites excluding steroid dienone is 1. The molecule has 1 amide bonds. The summed E-state index contributed by atoms with van der Waals surface area (Å²) in [6.07, 6.45) is 1.82. The number of rotatable bonds is 3. The Hall–Kier alpha value is -2.86. The molecule has 138 valence electrons. The maximum absolute atomic E-state index is 12.8. The van der Waals surface area contributed by atoms with Crippen LogP contribution < -0.4 is 14.3 Å². The number of hydrogen-bond acceptors (Lipinski definition) is 4. The van der Waals surface area contributed by atoms with E-state index in [4.69, 9.17) is 9.47 Å². The van der Waals surface area contributed by atoms with Crippen molar-refractivity contribution in [2.24, 2.45) is 4.99 Å². The molecular weight excluding hydrogens is 360 g/mol. The average molecular weight is 380 g/mol. The molecular formula is C21H20N2O3S. The second kappa shape index (κ2) is 7.04. The van der Waals surface area contributed by atoms with E-state index in [0.717, 1.165) is 15.8 Å². The summed E-state index contributed by atoms with van der Waals surface area (Å²) in [5.74, 6) is 0.947. The Bertz CT molecular complexity index is 1120. The first-order valence-corrected chi connectivity index (χ1v) is 9.58. The van der Waals surface area contributed by atoms with Crippen LogP contribution in [0.2, 0.25) is 0 Å². The lowest BCUT2D eigenvalue weighted by atomic mass is 10.1. The van der Waals surface area contributed by atoms with Crippen LogP contribution in [-0.2, 0) is 6.54 Å². The first kappa shape index (κ1) is 17.5.